The second kappa shape index (κ2) is 5.16. The summed E-state index contributed by atoms with van der Waals surface area (Å²) in [4.78, 5) is 25.2. The van der Waals surface area contributed by atoms with Gasteiger partial charge in [0.05, 0.1) is 19.2 Å². The molecule has 0 aromatic carbocycles. The number of hydrogen-bond acceptors (Lipinski definition) is 5. The minimum absolute atomic E-state index is 0.0567. The van der Waals surface area contributed by atoms with Gasteiger partial charge in [0.2, 0.25) is 5.91 Å². The number of carbonyl (C=O) groups is 2. The second-order valence-electron chi connectivity index (χ2n) is 4.51. The number of nitrogens with zero attached hydrogens (tertiary/aromatic N) is 4. The van der Waals surface area contributed by atoms with Gasteiger partial charge in [-0.1, -0.05) is 12.1 Å². The van der Waals surface area contributed by atoms with Gasteiger partial charge < -0.3 is 9.64 Å². The summed E-state index contributed by atoms with van der Waals surface area (Å²) < 4.78 is 6.20. The summed E-state index contributed by atoms with van der Waals surface area (Å²) in [7, 11) is 1.37. The Bertz CT molecular complexity index is 432. The van der Waals surface area contributed by atoms with E-state index in [4.69, 9.17) is 4.74 Å². The van der Waals surface area contributed by atoms with Gasteiger partial charge in [0, 0.05) is 19.3 Å². The molecule has 0 aliphatic carbocycles. The first kappa shape index (κ1) is 12.5. The molecule has 2 atom stereocenters. The molecule has 0 radical (unpaired) electrons. The van der Waals surface area contributed by atoms with Crippen LogP contribution < -0.4 is 0 Å². The zero-order valence-corrected chi connectivity index (χ0v) is 10.4. The lowest BCUT2D eigenvalue weighted by Crippen LogP contribution is -2.33. The Labute approximate surface area is 105 Å². The van der Waals surface area contributed by atoms with Gasteiger partial charge in [-0.15, -0.1) is 5.10 Å². The van der Waals surface area contributed by atoms with Gasteiger partial charge in [0.15, 0.2) is 0 Å². The van der Waals surface area contributed by atoms with Crippen molar-refractivity contribution < 1.29 is 14.3 Å². The third-order valence-corrected chi connectivity index (χ3v) is 3.24. The number of aromatic nitrogens is 3. The SMILES string of the molecule is COC(=O)C1CN(C(=O)Cn2ccnn2)CC1C. The number of hydrogen-bond donors (Lipinski definition) is 0. The van der Waals surface area contributed by atoms with Crippen LogP contribution in [-0.4, -0.2) is 52.0 Å². The molecule has 1 aliphatic rings. The van der Waals surface area contributed by atoms with Gasteiger partial charge in [-0.3, -0.25) is 9.59 Å². The maximum absolute atomic E-state index is 12.0. The minimum Gasteiger partial charge on any atom is -0.469 e. The van der Waals surface area contributed by atoms with Crippen LogP contribution in [0.15, 0.2) is 12.4 Å². The number of ether oxygens (including phenoxy) is 1. The van der Waals surface area contributed by atoms with Crippen LogP contribution in [0.3, 0.4) is 0 Å². The number of rotatable bonds is 3. The third kappa shape index (κ3) is 2.49. The average molecular weight is 252 g/mol. The molecule has 0 N–H and O–H groups in total. The Morgan fingerprint density at radius 3 is 2.83 bits per heavy atom. The molecule has 98 valence electrons. The molecule has 18 heavy (non-hydrogen) atoms. The molecule has 2 heterocycles. The zero-order chi connectivity index (χ0) is 13.1. The van der Waals surface area contributed by atoms with Crippen LogP contribution in [0.25, 0.3) is 0 Å². The van der Waals surface area contributed by atoms with Gasteiger partial charge in [-0.25, -0.2) is 4.68 Å². The number of methoxy groups -OCH3 is 1. The fourth-order valence-corrected chi connectivity index (χ4v) is 2.18. The van der Waals surface area contributed by atoms with E-state index in [1.165, 1.54) is 18.0 Å². The fraction of sp³-hybridized carbons (Fsp3) is 0.636. The van der Waals surface area contributed by atoms with E-state index in [2.05, 4.69) is 10.3 Å². The Morgan fingerprint density at radius 2 is 2.22 bits per heavy atom. The predicted octanol–water partition coefficient (Wildman–Crippen LogP) is -0.454. The van der Waals surface area contributed by atoms with Crippen molar-refractivity contribution >= 4 is 11.9 Å². The van der Waals surface area contributed by atoms with Gasteiger partial charge in [0.1, 0.15) is 6.54 Å². The molecule has 1 aliphatic heterocycles. The summed E-state index contributed by atoms with van der Waals surface area (Å²) in [6.45, 7) is 3.10. The Balaban J connectivity index is 1.95. The Kier molecular flexibility index (Phi) is 3.59. The largest absolute Gasteiger partial charge is 0.469 e. The number of amides is 1. The lowest BCUT2D eigenvalue weighted by molar-refractivity contribution is -0.146. The van der Waals surface area contributed by atoms with Crippen molar-refractivity contribution in [2.45, 2.75) is 13.5 Å². The number of likely N-dealkylation sites (tertiary alicyclic amines) is 1. The van der Waals surface area contributed by atoms with Crippen LogP contribution >= 0.6 is 0 Å². The summed E-state index contributed by atoms with van der Waals surface area (Å²) in [5.41, 5.74) is 0. The van der Waals surface area contributed by atoms with E-state index in [9.17, 15) is 9.59 Å². The van der Waals surface area contributed by atoms with Crippen LogP contribution in [0.2, 0.25) is 0 Å². The van der Waals surface area contributed by atoms with Crippen LogP contribution in [0.1, 0.15) is 6.92 Å². The van der Waals surface area contributed by atoms with E-state index in [0.29, 0.717) is 13.1 Å². The van der Waals surface area contributed by atoms with Gasteiger partial charge in [-0.2, -0.15) is 0 Å². The third-order valence-electron chi connectivity index (χ3n) is 3.24. The highest BCUT2D eigenvalue weighted by atomic mass is 16.5. The van der Waals surface area contributed by atoms with Crippen molar-refractivity contribution in [2.24, 2.45) is 11.8 Å². The highest BCUT2D eigenvalue weighted by Gasteiger charge is 2.37. The van der Waals surface area contributed by atoms with Crippen LogP contribution in [0, 0.1) is 11.8 Å². The van der Waals surface area contributed by atoms with Crippen molar-refractivity contribution in [2.75, 3.05) is 20.2 Å². The van der Waals surface area contributed by atoms with Crippen molar-refractivity contribution in [1.82, 2.24) is 19.9 Å². The average Bonchev–Trinajstić information content (AvgIpc) is 2.97. The van der Waals surface area contributed by atoms with Crippen molar-refractivity contribution in [3.05, 3.63) is 12.4 Å². The quantitative estimate of drug-likeness (QED) is 0.681. The van der Waals surface area contributed by atoms with Crippen LogP contribution in [0.4, 0.5) is 0 Å². The summed E-state index contributed by atoms with van der Waals surface area (Å²) in [6, 6.07) is 0. The first-order valence-corrected chi connectivity index (χ1v) is 5.81. The minimum atomic E-state index is -0.251. The normalized spacial score (nSPS) is 23.1. The van der Waals surface area contributed by atoms with E-state index in [1.54, 1.807) is 11.1 Å². The predicted molar refractivity (Wildman–Crippen MR) is 61.3 cm³/mol. The maximum atomic E-state index is 12.0. The molecule has 2 rings (SSSR count). The smallest absolute Gasteiger partial charge is 0.310 e. The number of esters is 1. The molecule has 1 aromatic rings. The molecule has 7 heteroatoms. The summed E-state index contributed by atoms with van der Waals surface area (Å²) in [5.74, 6) is -0.413. The van der Waals surface area contributed by atoms with Crippen molar-refractivity contribution in [1.29, 1.82) is 0 Å². The van der Waals surface area contributed by atoms with Gasteiger partial charge in [-0.05, 0) is 5.92 Å². The Morgan fingerprint density at radius 1 is 1.44 bits per heavy atom. The summed E-state index contributed by atoms with van der Waals surface area (Å²) >= 11 is 0. The molecule has 1 aromatic heterocycles. The topological polar surface area (TPSA) is 77.3 Å². The van der Waals surface area contributed by atoms with Crippen molar-refractivity contribution in [3.8, 4) is 0 Å². The molecule has 1 fully saturated rings. The zero-order valence-electron chi connectivity index (χ0n) is 10.4. The highest BCUT2D eigenvalue weighted by molar-refractivity contribution is 5.79. The standard InChI is InChI=1S/C11H16N4O3/c1-8-5-14(6-9(8)11(17)18-2)10(16)7-15-4-3-12-13-15/h3-4,8-9H,5-7H2,1-2H3. The van der Waals surface area contributed by atoms with E-state index >= 15 is 0 Å². The van der Waals surface area contributed by atoms with Gasteiger partial charge in [0.25, 0.3) is 0 Å². The van der Waals surface area contributed by atoms with E-state index in [0.717, 1.165) is 0 Å². The molecule has 0 saturated carbocycles. The number of carbonyl (C=O) groups excluding carboxylic acids is 2. The molecule has 1 amide bonds. The molecule has 2 unspecified atom stereocenters. The lowest BCUT2D eigenvalue weighted by Gasteiger charge is -2.15. The lowest BCUT2D eigenvalue weighted by atomic mass is 9.99. The van der Waals surface area contributed by atoms with E-state index < -0.39 is 0 Å². The van der Waals surface area contributed by atoms with E-state index in [1.807, 2.05) is 6.92 Å². The maximum Gasteiger partial charge on any atom is 0.310 e. The molecular formula is C11H16N4O3. The summed E-state index contributed by atoms with van der Waals surface area (Å²) in [6.07, 6.45) is 3.16. The molecule has 7 nitrogen and oxygen atoms in total. The Hall–Kier alpha value is -1.92. The monoisotopic (exact) mass is 252 g/mol. The molecule has 0 bridgehead atoms. The van der Waals surface area contributed by atoms with Crippen molar-refractivity contribution in [3.63, 3.8) is 0 Å². The molecule has 1 saturated heterocycles. The highest BCUT2D eigenvalue weighted by Crippen LogP contribution is 2.24. The molecular weight excluding hydrogens is 236 g/mol. The second-order valence-corrected chi connectivity index (χ2v) is 4.51. The first-order valence-electron chi connectivity index (χ1n) is 5.81. The van der Waals surface area contributed by atoms with Gasteiger partial charge >= 0.3 is 5.97 Å². The fourth-order valence-electron chi connectivity index (χ4n) is 2.18. The van der Waals surface area contributed by atoms with Crippen LogP contribution in [-0.2, 0) is 20.9 Å². The molecule has 0 spiro atoms. The van der Waals surface area contributed by atoms with E-state index in [-0.39, 0.29) is 30.3 Å². The summed E-state index contributed by atoms with van der Waals surface area (Å²) in [5, 5.41) is 7.39. The first-order chi connectivity index (χ1) is 8.61. The van der Waals surface area contributed by atoms with Crippen LogP contribution in [0.5, 0.6) is 0 Å².